The van der Waals surface area contributed by atoms with Crippen LogP contribution in [0.1, 0.15) is 36.7 Å². The number of hydrogen-bond acceptors (Lipinski definition) is 5. The number of fused-ring (bicyclic) bond motifs is 1. The minimum Gasteiger partial charge on any atom is -0.303 e. The van der Waals surface area contributed by atoms with Crippen LogP contribution in [0.15, 0.2) is 59.5 Å². The summed E-state index contributed by atoms with van der Waals surface area (Å²) in [6.45, 7) is 4.41. The summed E-state index contributed by atoms with van der Waals surface area (Å²) in [5.74, 6) is -0.297. The van der Waals surface area contributed by atoms with Gasteiger partial charge in [-0.05, 0) is 17.0 Å². The highest BCUT2D eigenvalue weighted by Gasteiger charge is 2.36. The molecule has 0 aliphatic heterocycles. The maximum absolute atomic E-state index is 13.0. The number of rotatable bonds is 5. The van der Waals surface area contributed by atoms with Gasteiger partial charge in [0.2, 0.25) is 0 Å². The standard InChI is InChI=1S/C25H22F3N7O/c1-14(2)17-6-4-5-7-18(17)20-29-12-19-22(31-20)35(24(36)30-19)13-15-8-10-16(11-9-15)21-32-23(25(26,27)28)33-34(21)3/h4-12,14H,13H2,1-3H3,(H,30,36). The third kappa shape index (κ3) is 4.28. The lowest BCUT2D eigenvalue weighted by Gasteiger charge is -2.11. The Hall–Kier alpha value is -4.28. The number of H-pyrrole nitrogens is 1. The molecule has 36 heavy (non-hydrogen) atoms. The Kier molecular flexibility index (Phi) is 5.70. The molecule has 8 nitrogen and oxygen atoms in total. The molecular formula is C25H22F3N7O. The van der Waals surface area contributed by atoms with Gasteiger partial charge in [-0.25, -0.2) is 24.4 Å². The maximum atomic E-state index is 13.0. The van der Waals surface area contributed by atoms with E-state index >= 15 is 0 Å². The molecule has 0 bridgehead atoms. The highest BCUT2D eigenvalue weighted by atomic mass is 19.4. The number of nitrogens with one attached hydrogen (secondary N) is 1. The highest BCUT2D eigenvalue weighted by Crippen LogP contribution is 2.29. The second-order valence-electron chi connectivity index (χ2n) is 8.77. The summed E-state index contributed by atoms with van der Waals surface area (Å²) in [5, 5.41) is 3.45. The first kappa shape index (κ1) is 23.5. The van der Waals surface area contributed by atoms with Gasteiger partial charge in [0.15, 0.2) is 17.3 Å². The van der Waals surface area contributed by atoms with Gasteiger partial charge in [-0.1, -0.05) is 62.4 Å². The molecule has 184 valence electrons. The van der Waals surface area contributed by atoms with Crippen molar-refractivity contribution in [2.45, 2.75) is 32.5 Å². The molecule has 5 aromatic rings. The van der Waals surface area contributed by atoms with Crippen LogP contribution < -0.4 is 5.69 Å². The zero-order chi connectivity index (χ0) is 25.6. The van der Waals surface area contributed by atoms with E-state index in [1.54, 1.807) is 30.5 Å². The van der Waals surface area contributed by atoms with Crippen LogP contribution in [-0.2, 0) is 19.8 Å². The fraction of sp³-hybridized carbons (Fsp3) is 0.240. The van der Waals surface area contributed by atoms with Gasteiger partial charge in [0.1, 0.15) is 5.52 Å². The van der Waals surface area contributed by atoms with Crippen molar-refractivity contribution in [3.63, 3.8) is 0 Å². The van der Waals surface area contributed by atoms with Crippen molar-refractivity contribution in [3.05, 3.63) is 82.2 Å². The highest BCUT2D eigenvalue weighted by molar-refractivity contribution is 5.73. The normalized spacial score (nSPS) is 12.1. The first-order chi connectivity index (χ1) is 17.1. The van der Waals surface area contributed by atoms with E-state index in [0.29, 0.717) is 22.6 Å². The van der Waals surface area contributed by atoms with Crippen LogP contribution in [0.25, 0.3) is 33.9 Å². The van der Waals surface area contributed by atoms with Crippen LogP contribution in [0, 0.1) is 0 Å². The maximum Gasteiger partial charge on any atom is 0.453 e. The molecule has 0 aliphatic carbocycles. The largest absolute Gasteiger partial charge is 0.453 e. The summed E-state index contributed by atoms with van der Waals surface area (Å²) in [5.41, 5.74) is 3.90. The molecule has 0 fully saturated rings. The Morgan fingerprint density at radius 1 is 1.03 bits per heavy atom. The predicted molar refractivity (Wildman–Crippen MR) is 128 cm³/mol. The summed E-state index contributed by atoms with van der Waals surface area (Å²) in [6, 6.07) is 14.7. The number of alkyl halides is 3. The van der Waals surface area contributed by atoms with E-state index in [0.717, 1.165) is 21.4 Å². The van der Waals surface area contributed by atoms with Gasteiger partial charge in [0.05, 0.1) is 12.7 Å². The van der Waals surface area contributed by atoms with Gasteiger partial charge in [0.25, 0.3) is 5.82 Å². The van der Waals surface area contributed by atoms with Crippen molar-refractivity contribution < 1.29 is 13.2 Å². The number of benzene rings is 2. The molecule has 0 atom stereocenters. The average Bonchev–Trinajstić information content (AvgIpc) is 3.39. The quantitative estimate of drug-likeness (QED) is 0.381. The zero-order valence-electron chi connectivity index (χ0n) is 19.7. The van der Waals surface area contributed by atoms with Gasteiger partial charge in [-0.3, -0.25) is 4.57 Å². The first-order valence-electron chi connectivity index (χ1n) is 11.2. The molecule has 0 saturated heterocycles. The monoisotopic (exact) mass is 493 g/mol. The molecule has 2 aromatic carbocycles. The minimum absolute atomic E-state index is 0.0966. The van der Waals surface area contributed by atoms with E-state index in [2.05, 4.69) is 33.9 Å². The molecule has 0 aliphatic rings. The Bertz CT molecular complexity index is 1610. The predicted octanol–water partition coefficient (Wildman–Crippen LogP) is 4.77. The molecular weight excluding hydrogens is 471 g/mol. The molecule has 0 amide bonds. The second kappa shape index (κ2) is 8.74. The number of aromatic nitrogens is 7. The molecule has 3 aromatic heterocycles. The molecule has 0 radical (unpaired) electrons. The summed E-state index contributed by atoms with van der Waals surface area (Å²) < 4.78 is 41.5. The third-order valence-corrected chi connectivity index (χ3v) is 5.90. The van der Waals surface area contributed by atoms with Crippen molar-refractivity contribution in [3.8, 4) is 22.8 Å². The molecule has 5 rings (SSSR count). The van der Waals surface area contributed by atoms with Crippen molar-refractivity contribution in [2.24, 2.45) is 7.05 Å². The summed E-state index contributed by atoms with van der Waals surface area (Å²) in [4.78, 5) is 28.3. The van der Waals surface area contributed by atoms with Crippen LogP contribution >= 0.6 is 0 Å². The first-order valence-corrected chi connectivity index (χ1v) is 11.2. The summed E-state index contributed by atoms with van der Waals surface area (Å²) in [7, 11) is 1.41. The van der Waals surface area contributed by atoms with Crippen LogP contribution in [0.4, 0.5) is 13.2 Å². The Labute approximate surface area is 203 Å². The number of nitrogens with zero attached hydrogens (tertiary/aromatic N) is 6. The van der Waals surface area contributed by atoms with Crippen molar-refractivity contribution in [2.75, 3.05) is 0 Å². The number of imidazole rings is 1. The number of hydrogen-bond donors (Lipinski definition) is 1. The van der Waals surface area contributed by atoms with Crippen LogP contribution in [0.3, 0.4) is 0 Å². The number of aromatic amines is 1. The molecule has 1 N–H and O–H groups in total. The lowest BCUT2D eigenvalue weighted by Crippen LogP contribution is -2.17. The van der Waals surface area contributed by atoms with E-state index in [1.165, 1.54) is 11.6 Å². The molecule has 11 heteroatoms. The fourth-order valence-corrected chi connectivity index (χ4v) is 4.12. The van der Waals surface area contributed by atoms with Crippen LogP contribution in [-0.4, -0.2) is 34.3 Å². The molecule has 0 unspecified atom stereocenters. The van der Waals surface area contributed by atoms with Crippen molar-refractivity contribution in [1.29, 1.82) is 0 Å². The van der Waals surface area contributed by atoms with Crippen LogP contribution in [0.5, 0.6) is 0 Å². The van der Waals surface area contributed by atoms with Crippen LogP contribution in [0.2, 0.25) is 0 Å². The Balaban J connectivity index is 1.48. The van der Waals surface area contributed by atoms with Gasteiger partial charge in [-0.2, -0.15) is 13.2 Å². The lowest BCUT2D eigenvalue weighted by atomic mass is 9.97. The molecule has 3 heterocycles. The summed E-state index contributed by atoms with van der Waals surface area (Å²) >= 11 is 0. The average molecular weight is 493 g/mol. The van der Waals surface area contributed by atoms with E-state index in [4.69, 9.17) is 4.98 Å². The smallest absolute Gasteiger partial charge is 0.303 e. The van der Waals surface area contributed by atoms with Gasteiger partial charge in [0, 0.05) is 18.2 Å². The third-order valence-electron chi connectivity index (χ3n) is 5.90. The molecule has 0 saturated carbocycles. The SMILES string of the molecule is CC(C)c1ccccc1-c1ncc2[nH]c(=O)n(Cc3ccc(-c4nc(C(F)(F)F)nn4C)cc3)c2n1. The van der Waals surface area contributed by atoms with Gasteiger partial charge < -0.3 is 4.98 Å². The summed E-state index contributed by atoms with van der Waals surface area (Å²) in [6.07, 6.45) is -3.02. The topological polar surface area (TPSA) is 94.3 Å². The Morgan fingerprint density at radius 3 is 2.42 bits per heavy atom. The van der Waals surface area contributed by atoms with Gasteiger partial charge in [-0.15, -0.1) is 5.10 Å². The minimum atomic E-state index is -4.62. The van der Waals surface area contributed by atoms with E-state index in [9.17, 15) is 18.0 Å². The molecule has 0 spiro atoms. The van der Waals surface area contributed by atoms with Crippen molar-refractivity contribution in [1.82, 2.24) is 34.3 Å². The number of halogens is 3. The second-order valence-corrected chi connectivity index (χ2v) is 8.77. The van der Waals surface area contributed by atoms with E-state index in [1.807, 2.05) is 24.3 Å². The zero-order valence-corrected chi connectivity index (χ0v) is 19.7. The fourth-order valence-electron chi connectivity index (χ4n) is 4.12. The van der Waals surface area contributed by atoms with E-state index < -0.39 is 12.0 Å². The van der Waals surface area contributed by atoms with Crippen molar-refractivity contribution >= 4 is 11.2 Å². The van der Waals surface area contributed by atoms with Gasteiger partial charge >= 0.3 is 11.9 Å². The lowest BCUT2D eigenvalue weighted by molar-refractivity contribution is -0.144. The Morgan fingerprint density at radius 2 is 1.75 bits per heavy atom. The van der Waals surface area contributed by atoms with E-state index in [-0.39, 0.29) is 24.0 Å². The number of aryl methyl sites for hydroxylation is 1.